The predicted molar refractivity (Wildman–Crippen MR) is 36.5 cm³/mol. The van der Waals surface area contributed by atoms with Crippen molar-refractivity contribution in [1.29, 1.82) is 5.26 Å². The van der Waals surface area contributed by atoms with E-state index in [1.165, 1.54) is 0 Å². The second-order valence-electron chi connectivity index (χ2n) is 2.03. The van der Waals surface area contributed by atoms with Crippen molar-refractivity contribution in [3.05, 3.63) is 24.0 Å². The summed E-state index contributed by atoms with van der Waals surface area (Å²) in [5, 5.41) is 12.8. The van der Waals surface area contributed by atoms with Gasteiger partial charge in [0, 0.05) is 0 Å². The first kappa shape index (κ1) is 5.86. The fourth-order valence-electron chi connectivity index (χ4n) is 0.818. The Kier molecular flexibility index (Phi) is 1.10. The summed E-state index contributed by atoms with van der Waals surface area (Å²) in [5.74, 6) is 0. The normalized spacial score (nSPS) is 9.73. The van der Waals surface area contributed by atoms with Gasteiger partial charge in [0.05, 0.1) is 11.6 Å². The Hall–Kier alpha value is -1.89. The van der Waals surface area contributed by atoms with Gasteiger partial charge in [0.25, 0.3) is 5.71 Å². The van der Waals surface area contributed by atoms with Crippen LogP contribution in [-0.2, 0) is 0 Å². The van der Waals surface area contributed by atoms with Crippen LogP contribution in [0.15, 0.2) is 22.9 Å². The van der Waals surface area contributed by atoms with Gasteiger partial charge in [0.2, 0.25) is 0 Å². The molecule has 2 heterocycles. The maximum atomic E-state index is 8.46. The molecule has 0 spiro atoms. The molecular formula is C7H3N3O. The molecule has 0 saturated heterocycles. The second kappa shape index (κ2) is 2.06. The van der Waals surface area contributed by atoms with Crippen LogP contribution in [0.4, 0.5) is 0 Å². The molecule has 4 heteroatoms. The van der Waals surface area contributed by atoms with Gasteiger partial charge >= 0.3 is 0 Å². The SMILES string of the molecule is N#Cc1ccc2cnoc2n1. The summed E-state index contributed by atoms with van der Waals surface area (Å²) in [4.78, 5) is 3.86. The first-order valence-electron chi connectivity index (χ1n) is 3.02. The number of nitrogens with zero attached hydrogens (tertiary/aromatic N) is 3. The molecule has 4 nitrogen and oxygen atoms in total. The number of rotatable bonds is 0. The zero-order chi connectivity index (χ0) is 7.68. The lowest BCUT2D eigenvalue weighted by Crippen LogP contribution is -1.79. The van der Waals surface area contributed by atoms with Gasteiger partial charge in [-0.25, -0.2) is 0 Å². The third kappa shape index (κ3) is 0.829. The van der Waals surface area contributed by atoms with Gasteiger partial charge in [0.15, 0.2) is 0 Å². The molecule has 0 radical (unpaired) electrons. The highest BCUT2D eigenvalue weighted by Gasteiger charge is 1.99. The van der Waals surface area contributed by atoms with Gasteiger partial charge in [-0.2, -0.15) is 10.2 Å². The Morgan fingerprint density at radius 1 is 1.45 bits per heavy atom. The number of hydrogen-bond acceptors (Lipinski definition) is 4. The summed E-state index contributed by atoms with van der Waals surface area (Å²) in [6.07, 6.45) is 1.56. The third-order valence-corrected chi connectivity index (χ3v) is 1.34. The van der Waals surface area contributed by atoms with E-state index < -0.39 is 0 Å². The Morgan fingerprint density at radius 2 is 2.36 bits per heavy atom. The van der Waals surface area contributed by atoms with E-state index in [1.54, 1.807) is 18.3 Å². The minimum absolute atomic E-state index is 0.342. The molecule has 0 saturated carbocycles. The van der Waals surface area contributed by atoms with Crippen LogP contribution in [0.3, 0.4) is 0 Å². The van der Waals surface area contributed by atoms with E-state index in [0.29, 0.717) is 11.4 Å². The van der Waals surface area contributed by atoms with E-state index in [-0.39, 0.29) is 0 Å². The first-order valence-corrected chi connectivity index (χ1v) is 3.02. The summed E-state index contributed by atoms with van der Waals surface area (Å²) < 4.78 is 4.75. The van der Waals surface area contributed by atoms with Crippen molar-refractivity contribution >= 4 is 11.1 Å². The number of fused-ring (bicyclic) bond motifs is 1. The summed E-state index contributed by atoms with van der Waals surface area (Å²) >= 11 is 0. The molecule has 11 heavy (non-hydrogen) atoms. The molecule has 2 rings (SSSR count). The molecular weight excluding hydrogens is 142 g/mol. The fraction of sp³-hybridized carbons (Fsp3) is 0. The van der Waals surface area contributed by atoms with Crippen LogP contribution in [-0.4, -0.2) is 10.1 Å². The molecule has 0 unspecified atom stereocenters. The molecule has 0 amide bonds. The number of aromatic nitrogens is 2. The molecule has 0 aliphatic rings. The van der Waals surface area contributed by atoms with Crippen LogP contribution >= 0.6 is 0 Å². The average Bonchev–Trinajstić information content (AvgIpc) is 2.50. The molecule has 0 aliphatic heterocycles. The Balaban J connectivity index is 2.79. The number of hydrogen-bond donors (Lipinski definition) is 0. The smallest absolute Gasteiger partial charge is 0.258 e. The van der Waals surface area contributed by atoms with Crippen molar-refractivity contribution in [3.63, 3.8) is 0 Å². The minimum Gasteiger partial charge on any atom is -0.336 e. The molecule has 0 fully saturated rings. The van der Waals surface area contributed by atoms with Crippen LogP contribution in [0.25, 0.3) is 11.1 Å². The van der Waals surface area contributed by atoms with Crippen molar-refractivity contribution < 1.29 is 4.52 Å². The maximum absolute atomic E-state index is 8.46. The van der Waals surface area contributed by atoms with Crippen LogP contribution in [0, 0.1) is 11.3 Å². The standard InChI is InChI=1S/C7H3N3O/c8-3-6-2-1-5-4-9-11-7(5)10-6/h1-2,4H. The fourth-order valence-corrected chi connectivity index (χ4v) is 0.818. The van der Waals surface area contributed by atoms with Crippen molar-refractivity contribution in [1.82, 2.24) is 10.1 Å². The molecule has 2 aromatic rings. The molecule has 0 aliphatic carbocycles. The monoisotopic (exact) mass is 145 g/mol. The van der Waals surface area contributed by atoms with E-state index in [1.807, 2.05) is 6.07 Å². The minimum atomic E-state index is 0.342. The van der Waals surface area contributed by atoms with Crippen LogP contribution < -0.4 is 0 Å². The van der Waals surface area contributed by atoms with Crippen molar-refractivity contribution in [2.45, 2.75) is 0 Å². The van der Waals surface area contributed by atoms with Crippen molar-refractivity contribution in [3.8, 4) is 6.07 Å². The van der Waals surface area contributed by atoms with Crippen LogP contribution in [0.2, 0.25) is 0 Å². The highest BCUT2D eigenvalue weighted by molar-refractivity contribution is 5.71. The average molecular weight is 145 g/mol. The lowest BCUT2D eigenvalue weighted by Gasteiger charge is -1.84. The van der Waals surface area contributed by atoms with Crippen LogP contribution in [0.1, 0.15) is 5.69 Å². The predicted octanol–water partition coefficient (Wildman–Crippen LogP) is 1.09. The largest absolute Gasteiger partial charge is 0.336 e. The summed E-state index contributed by atoms with van der Waals surface area (Å²) in [5.41, 5.74) is 0.748. The lowest BCUT2D eigenvalue weighted by atomic mass is 10.3. The Morgan fingerprint density at radius 3 is 3.18 bits per heavy atom. The van der Waals surface area contributed by atoms with Crippen molar-refractivity contribution in [2.75, 3.05) is 0 Å². The van der Waals surface area contributed by atoms with Gasteiger partial charge in [-0.3, -0.25) is 0 Å². The maximum Gasteiger partial charge on any atom is 0.258 e. The zero-order valence-corrected chi connectivity index (χ0v) is 5.48. The lowest BCUT2D eigenvalue weighted by molar-refractivity contribution is 0.448. The zero-order valence-electron chi connectivity index (χ0n) is 5.48. The molecule has 0 atom stereocenters. The Bertz CT molecular complexity index is 426. The summed E-state index contributed by atoms with van der Waals surface area (Å²) in [6.45, 7) is 0. The van der Waals surface area contributed by atoms with E-state index in [9.17, 15) is 0 Å². The van der Waals surface area contributed by atoms with Gasteiger partial charge in [-0.05, 0) is 12.1 Å². The number of pyridine rings is 1. The van der Waals surface area contributed by atoms with E-state index in [2.05, 4.69) is 10.1 Å². The first-order chi connectivity index (χ1) is 5.40. The highest BCUT2D eigenvalue weighted by Crippen LogP contribution is 2.09. The molecule has 0 aromatic carbocycles. The topological polar surface area (TPSA) is 62.7 Å². The van der Waals surface area contributed by atoms with Gasteiger partial charge < -0.3 is 4.52 Å². The quantitative estimate of drug-likeness (QED) is 0.556. The van der Waals surface area contributed by atoms with E-state index in [4.69, 9.17) is 9.78 Å². The molecule has 52 valence electrons. The molecule has 0 bridgehead atoms. The summed E-state index contributed by atoms with van der Waals surface area (Å²) in [6, 6.07) is 5.28. The second-order valence-corrected chi connectivity index (χ2v) is 2.03. The molecule has 0 N–H and O–H groups in total. The molecule has 2 aromatic heterocycles. The van der Waals surface area contributed by atoms with Gasteiger partial charge in [-0.15, -0.1) is 0 Å². The highest BCUT2D eigenvalue weighted by atomic mass is 16.5. The number of nitriles is 1. The van der Waals surface area contributed by atoms with E-state index >= 15 is 0 Å². The van der Waals surface area contributed by atoms with Gasteiger partial charge in [0.1, 0.15) is 11.8 Å². The Labute approximate surface area is 62.1 Å². The van der Waals surface area contributed by atoms with Gasteiger partial charge in [-0.1, -0.05) is 5.16 Å². The van der Waals surface area contributed by atoms with E-state index in [0.717, 1.165) is 5.39 Å². The third-order valence-electron chi connectivity index (χ3n) is 1.34. The van der Waals surface area contributed by atoms with Crippen molar-refractivity contribution in [2.24, 2.45) is 0 Å². The van der Waals surface area contributed by atoms with Crippen LogP contribution in [0.5, 0.6) is 0 Å². The summed E-state index contributed by atoms with van der Waals surface area (Å²) in [7, 11) is 0.